The van der Waals surface area contributed by atoms with Crippen LogP contribution >= 0.6 is 0 Å². The Bertz CT molecular complexity index is 655. The van der Waals surface area contributed by atoms with Gasteiger partial charge in [0.1, 0.15) is 0 Å². The van der Waals surface area contributed by atoms with Gasteiger partial charge in [-0.3, -0.25) is 9.59 Å². The fourth-order valence-electron chi connectivity index (χ4n) is 2.47. The van der Waals surface area contributed by atoms with Gasteiger partial charge in [0.15, 0.2) is 6.10 Å². The summed E-state index contributed by atoms with van der Waals surface area (Å²) in [5.74, 6) is -0.740. The molecule has 26 heavy (non-hydrogen) atoms. The van der Waals surface area contributed by atoms with Gasteiger partial charge in [-0.15, -0.1) is 0 Å². The summed E-state index contributed by atoms with van der Waals surface area (Å²) in [6.07, 6.45) is -4.38. The summed E-state index contributed by atoms with van der Waals surface area (Å²) in [6, 6.07) is 6.60. The number of hydrogen-bond donors (Lipinski definition) is 2. The molecule has 0 aromatic heterocycles. The van der Waals surface area contributed by atoms with Gasteiger partial charge in [0.25, 0.3) is 0 Å². The Labute approximate surface area is 149 Å². The van der Waals surface area contributed by atoms with Crippen LogP contribution in [0, 0.1) is 0 Å². The van der Waals surface area contributed by atoms with E-state index in [2.05, 4.69) is 11.9 Å². The van der Waals surface area contributed by atoms with Gasteiger partial charge < -0.3 is 15.3 Å². The van der Waals surface area contributed by atoms with Crippen molar-refractivity contribution in [2.24, 2.45) is 0 Å². The Balaban J connectivity index is 1.89. The molecule has 142 valence electrons. The molecule has 1 fully saturated rings. The number of anilines is 1. The predicted molar refractivity (Wildman–Crippen MR) is 90.4 cm³/mol. The molecule has 0 radical (unpaired) electrons. The van der Waals surface area contributed by atoms with Crippen molar-refractivity contribution >= 4 is 17.5 Å². The zero-order valence-electron chi connectivity index (χ0n) is 14.1. The number of halogens is 3. The number of carbonyl (C=O) groups is 2. The van der Waals surface area contributed by atoms with Crippen molar-refractivity contribution in [3.63, 3.8) is 0 Å². The third-order valence-corrected chi connectivity index (χ3v) is 4.09. The largest absolute Gasteiger partial charge is 0.416 e. The highest BCUT2D eigenvalue weighted by Crippen LogP contribution is 2.30. The molecule has 2 N–H and O–H groups in total. The SMILES string of the molecule is C=CC(=O)Nc1ccc(CCC(=O)N(CC(O)C(F)(F)F)C2CC2)cc1. The first-order valence-corrected chi connectivity index (χ1v) is 8.27. The lowest BCUT2D eigenvalue weighted by atomic mass is 10.1. The van der Waals surface area contributed by atoms with Crippen molar-refractivity contribution < 1.29 is 27.9 Å². The fraction of sp³-hybridized carbons (Fsp3) is 0.444. The number of benzene rings is 1. The van der Waals surface area contributed by atoms with Crippen LogP contribution in [0.1, 0.15) is 24.8 Å². The lowest BCUT2D eigenvalue weighted by Crippen LogP contribution is -2.44. The summed E-state index contributed by atoms with van der Waals surface area (Å²) >= 11 is 0. The molecule has 1 unspecified atom stereocenters. The van der Waals surface area contributed by atoms with Crippen LogP contribution in [0.2, 0.25) is 0 Å². The highest BCUT2D eigenvalue weighted by Gasteiger charge is 2.42. The first-order chi connectivity index (χ1) is 12.2. The van der Waals surface area contributed by atoms with E-state index in [1.54, 1.807) is 24.3 Å². The Kier molecular flexibility index (Phi) is 6.42. The first kappa shape index (κ1) is 20.0. The van der Waals surface area contributed by atoms with Crippen molar-refractivity contribution in [3.8, 4) is 0 Å². The van der Waals surface area contributed by atoms with Crippen LogP contribution < -0.4 is 5.32 Å². The zero-order valence-corrected chi connectivity index (χ0v) is 14.1. The van der Waals surface area contributed by atoms with E-state index >= 15 is 0 Å². The van der Waals surface area contributed by atoms with Crippen LogP contribution in [0.3, 0.4) is 0 Å². The molecule has 5 nitrogen and oxygen atoms in total. The normalized spacial score (nSPS) is 15.2. The third-order valence-electron chi connectivity index (χ3n) is 4.09. The molecule has 1 aromatic rings. The second kappa shape index (κ2) is 8.35. The number of aliphatic hydroxyl groups excluding tert-OH is 1. The van der Waals surface area contributed by atoms with Crippen LogP contribution in [0.15, 0.2) is 36.9 Å². The number of alkyl halides is 3. The summed E-state index contributed by atoms with van der Waals surface area (Å²) in [7, 11) is 0. The van der Waals surface area contributed by atoms with E-state index in [1.807, 2.05) is 0 Å². The maximum absolute atomic E-state index is 12.5. The number of rotatable bonds is 8. The maximum Gasteiger partial charge on any atom is 0.416 e. The lowest BCUT2D eigenvalue weighted by molar-refractivity contribution is -0.208. The average molecular weight is 370 g/mol. The quantitative estimate of drug-likeness (QED) is 0.692. The molecule has 2 rings (SSSR count). The van der Waals surface area contributed by atoms with E-state index < -0.39 is 24.7 Å². The second-order valence-electron chi connectivity index (χ2n) is 6.22. The molecule has 0 aliphatic heterocycles. The number of aryl methyl sites for hydroxylation is 1. The Hall–Kier alpha value is -2.35. The number of amides is 2. The Morgan fingerprint density at radius 3 is 2.42 bits per heavy atom. The highest BCUT2D eigenvalue weighted by atomic mass is 19.4. The smallest absolute Gasteiger partial charge is 0.382 e. The predicted octanol–water partition coefficient (Wildman–Crippen LogP) is 2.66. The topological polar surface area (TPSA) is 69.6 Å². The molecule has 2 amide bonds. The van der Waals surface area contributed by atoms with Gasteiger partial charge in [-0.2, -0.15) is 13.2 Å². The Morgan fingerprint density at radius 2 is 1.92 bits per heavy atom. The average Bonchev–Trinajstić information content (AvgIpc) is 3.42. The van der Waals surface area contributed by atoms with Gasteiger partial charge in [-0.1, -0.05) is 18.7 Å². The minimum atomic E-state index is -4.74. The van der Waals surface area contributed by atoms with Crippen LogP contribution in [-0.4, -0.2) is 46.7 Å². The number of nitrogens with one attached hydrogen (secondary N) is 1. The van der Waals surface area contributed by atoms with Gasteiger partial charge in [0.2, 0.25) is 11.8 Å². The van der Waals surface area contributed by atoms with Gasteiger partial charge in [-0.25, -0.2) is 0 Å². The molecule has 0 saturated heterocycles. The van der Waals surface area contributed by atoms with Crippen LogP contribution in [0.5, 0.6) is 0 Å². The second-order valence-corrected chi connectivity index (χ2v) is 6.22. The highest BCUT2D eigenvalue weighted by molar-refractivity contribution is 5.98. The lowest BCUT2D eigenvalue weighted by Gasteiger charge is -2.26. The molecule has 0 spiro atoms. The molecule has 0 bridgehead atoms. The van der Waals surface area contributed by atoms with E-state index in [1.165, 1.54) is 0 Å². The summed E-state index contributed by atoms with van der Waals surface area (Å²) in [4.78, 5) is 24.6. The van der Waals surface area contributed by atoms with E-state index in [4.69, 9.17) is 0 Å². The van der Waals surface area contributed by atoms with Gasteiger partial charge >= 0.3 is 6.18 Å². The summed E-state index contributed by atoms with van der Waals surface area (Å²) in [5.41, 5.74) is 1.40. The van der Waals surface area contributed by atoms with Crippen LogP contribution in [-0.2, 0) is 16.0 Å². The maximum atomic E-state index is 12.5. The van der Waals surface area contributed by atoms with Gasteiger partial charge in [0.05, 0.1) is 6.54 Å². The molecule has 1 saturated carbocycles. The summed E-state index contributed by atoms with van der Waals surface area (Å²) in [6.45, 7) is 2.63. The molecule has 0 heterocycles. The van der Waals surface area contributed by atoms with Crippen molar-refractivity contribution in [3.05, 3.63) is 42.5 Å². The minimum Gasteiger partial charge on any atom is -0.382 e. The zero-order chi connectivity index (χ0) is 19.3. The first-order valence-electron chi connectivity index (χ1n) is 8.27. The summed E-state index contributed by atoms with van der Waals surface area (Å²) < 4.78 is 37.6. The van der Waals surface area contributed by atoms with E-state index in [9.17, 15) is 27.9 Å². The number of nitrogens with zero attached hydrogens (tertiary/aromatic N) is 1. The van der Waals surface area contributed by atoms with E-state index in [0.717, 1.165) is 16.5 Å². The molecule has 1 atom stereocenters. The van der Waals surface area contributed by atoms with Gasteiger partial charge in [0, 0.05) is 18.2 Å². The van der Waals surface area contributed by atoms with E-state index in [-0.39, 0.29) is 18.4 Å². The minimum absolute atomic E-state index is 0.0550. The van der Waals surface area contributed by atoms with Crippen LogP contribution in [0.25, 0.3) is 0 Å². The van der Waals surface area contributed by atoms with Crippen LogP contribution in [0.4, 0.5) is 18.9 Å². The van der Waals surface area contributed by atoms with Crippen molar-refractivity contribution in [1.29, 1.82) is 0 Å². The molecule has 1 aliphatic carbocycles. The molecular weight excluding hydrogens is 349 g/mol. The molecule has 1 aliphatic rings. The van der Waals surface area contributed by atoms with Crippen molar-refractivity contribution in [2.45, 2.75) is 44.0 Å². The van der Waals surface area contributed by atoms with E-state index in [0.29, 0.717) is 24.9 Å². The number of aliphatic hydroxyl groups is 1. The number of hydrogen-bond acceptors (Lipinski definition) is 3. The fourth-order valence-corrected chi connectivity index (χ4v) is 2.47. The molecule has 8 heteroatoms. The third kappa shape index (κ3) is 5.87. The van der Waals surface area contributed by atoms with Crippen molar-refractivity contribution in [2.75, 3.05) is 11.9 Å². The van der Waals surface area contributed by atoms with Gasteiger partial charge in [-0.05, 0) is 43.0 Å². The molecule has 1 aromatic carbocycles. The summed E-state index contributed by atoms with van der Waals surface area (Å²) in [5, 5.41) is 11.8. The standard InChI is InChI=1S/C18H21F3N2O3/c1-2-16(25)22-13-6-3-12(4-7-13)5-10-17(26)23(14-8-9-14)11-15(24)18(19,20)21/h2-4,6-7,14-15,24H,1,5,8-11H2,(H,22,25). The Morgan fingerprint density at radius 1 is 1.31 bits per heavy atom. The molecular formula is C18H21F3N2O3. The monoisotopic (exact) mass is 370 g/mol. The van der Waals surface area contributed by atoms with Crippen molar-refractivity contribution in [1.82, 2.24) is 4.90 Å². The number of carbonyl (C=O) groups excluding carboxylic acids is 2.